The third-order valence-electron chi connectivity index (χ3n) is 4.39. The van der Waals surface area contributed by atoms with E-state index >= 15 is 0 Å². The molecule has 4 aromatic rings. The Morgan fingerprint density at radius 1 is 1.13 bits per heavy atom. The highest BCUT2D eigenvalue weighted by molar-refractivity contribution is 7.99. The van der Waals surface area contributed by atoms with Crippen LogP contribution in [-0.4, -0.2) is 43.7 Å². The number of ether oxygens (including phenoxy) is 1. The molecule has 0 spiro atoms. The first kappa shape index (κ1) is 20.6. The molecular weight excluding hydrogens is 416 g/mol. The normalized spacial score (nSPS) is 10.8. The first-order valence-electron chi connectivity index (χ1n) is 9.57. The van der Waals surface area contributed by atoms with Crippen molar-refractivity contribution in [3.8, 4) is 28.9 Å². The summed E-state index contributed by atoms with van der Waals surface area (Å²) in [6.07, 6.45) is 0. The summed E-state index contributed by atoms with van der Waals surface area (Å²) < 4.78 is 12.4. The predicted octanol–water partition coefficient (Wildman–Crippen LogP) is 3.75. The van der Waals surface area contributed by atoms with Crippen LogP contribution in [-0.2, 0) is 11.3 Å². The van der Waals surface area contributed by atoms with Crippen molar-refractivity contribution in [2.75, 3.05) is 18.2 Å². The van der Waals surface area contributed by atoms with E-state index in [2.05, 4.69) is 25.7 Å². The average molecular weight is 436 g/mol. The van der Waals surface area contributed by atoms with Crippen LogP contribution in [0.15, 0.2) is 64.3 Å². The zero-order chi connectivity index (χ0) is 21.6. The highest BCUT2D eigenvalue weighted by Crippen LogP contribution is 2.26. The number of rotatable bonds is 8. The Labute approximate surface area is 182 Å². The van der Waals surface area contributed by atoms with Crippen molar-refractivity contribution in [3.63, 3.8) is 0 Å². The lowest BCUT2D eigenvalue weighted by Gasteiger charge is -2.06. The molecule has 0 aliphatic carbocycles. The SMILES string of the molecule is CCn1c(SCC(=O)Nc2ccccc2)nnc1-c1nc(-c2ccc(OC)cc2)no1. The molecule has 1 amide bonds. The van der Waals surface area contributed by atoms with Crippen LogP contribution < -0.4 is 10.1 Å². The molecule has 0 unspecified atom stereocenters. The number of carbonyl (C=O) groups is 1. The van der Waals surface area contributed by atoms with Crippen LogP contribution in [0.4, 0.5) is 5.69 Å². The number of nitrogens with zero attached hydrogens (tertiary/aromatic N) is 5. The molecule has 31 heavy (non-hydrogen) atoms. The third kappa shape index (κ3) is 4.75. The molecule has 10 heteroatoms. The summed E-state index contributed by atoms with van der Waals surface area (Å²) in [7, 11) is 1.61. The molecule has 1 N–H and O–H groups in total. The van der Waals surface area contributed by atoms with Crippen molar-refractivity contribution in [1.29, 1.82) is 0 Å². The van der Waals surface area contributed by atoms with Crippen LogP contribution >= 0.6 is 11.8 Å². The first-order chi connectivity index (χ1) is 15.2. The smallest absolute Gasteiger partial charge is 0.296 e. The van der Waals surface area contributed by atoms with Gasteiger partial charge in [0.15, 0.2) is 5.16 Å². The highest BCUT2D eigenvalue weighted by Gasteiger charge is 2.20. The molecule has 9 nitrogen and oxygen atoms in total. The Morgan fingerprint density at radius 2 is 1.90 bits per heavy atom. The molecule has 2 aromatic heterocycles. The largest absolute Gasteiger partial charge is 0.497 e. The van der Waals surface area contributed by atoms with Gasteiger partial charge in [0.2, 0.25) is 17.6 Å². The van der Waals surface area contributed by atoms with E-state index in [0.29, 0.717) is 23.4 Å². The zero-order valence-electron chi connectivity index (χ0n) is 17.0. The number of aromatic nitrogens is 5. The molecule has 0 saturated carbocycles. The van der Waals surface area contributed by atoms with Gasteiger partial charge in [0.25, 0.3) is 5.89 Å². The van der Waals surface area contributed by atoms with Gasteiger partial charge in [0.1, 0.15) is 5.75 Å². The summed E-state index contributed by atoms with van der Waals surface area (Å²) in [6, 6.07) is 16.7. The number of anilines is 1. The number of carbonyl (C=O) groups excluding carboxylic acids is 1. The van der Waals surface area contributed by atoms with Crippen molar-refractivity contribution >= 4 is 23.4 Å². The van der Waals surface area contributed by atoms with E-state index in [-0.39, 0.29) is 17.6 Å². The molecule has 0 aliphatic heterocycles. The van der Waals surface area contributed by atoms with E-state index in [1.54, 1.807) is 7.11 Å². The highest BCUT2D eigenvalue weighted by atomic mass is 32.2. The van der Waals surface area contributed by atoms with E-state index in [0.717, 1.165) is 17.0 Å². The average Bonchev–Trinajstić information content (AvgIpc) is 3.45. The van der Waals surface area contributed by atoms with Crippen LogP contribution in [0, 0.1) is 0 Å². The molecule has 0 radical (unpaired) electrons. The fraction of sp³-hybridized carbons (Fsp3) is 0.190. The minimum Gasteiger partial charge on any atom is -0.497 e. The summed E-state index contributed by atoms with van der Waals surface area (Å²) in [4.78, 5) is 16.7. The second-order valence-corrected chi connectivity index (χ2v) is 7.35. The van der Waals surface area contributed by atoms with Crippen molar-refractivity contribution in [1.82, 2.24) is 24.9 Å². The monoisotopic (exact) mass is 436 g/mol. The predicted molar refractivity (Wildman–Crippen MR) is 117 cm³/mol. The lowest BCUT2D eigenvalue weighted by Crippen LogP contribution is -2.14. The van der Waals surface area contributed by atoms with Crippen LogP contribution in [0.25, 0.3) is 23.1 Å². The minimum absolute atomic E-state index is 0.122. The zero-order valence-corrected chi connectivity index (χ0v) is 17.8. The maximum atomic E-state index is 12.2. The van der Waals surface area contributed by atoms with Crippen LogP contribution in [0.5, 0.6) is 5.75 Å². The van der Waals surface area contributed by atoms with Gasteiger partial charge in [0, 0.05) is 17.8 Å². The molecule has 0 aliphatic rings. The summed E-state index contributed by atoms with van der Waals surface area (Å²) in [5.41, 5.74) is 1.55. The summed E-state index contributed by atoms with van der Waals surface area (Å²) in [5, 5.41) is 15.9. The Morgan fingerprint density at radius 3 is 2.61 bits per heavy atom. The summed E-state index contributed by atoms with van der Waals surface area (Å²) in [6.45, 7) is 2.55. The second kappa shape index (κ2) is 9.43. The van der Waals surface area contributed by atoms with Crippen molar-refractivity contribution in [2.45, 2.75) is 18.6 Å². The minimum atomic E-state index is -0.122. The van der Waals surface area contributed by atoms with Gasteiger partial charge in [-0.1, -0.05) is 35.1 Å². The van der Waals surface area contributed by atoms with E-state index in [1.165, 1.54) is 11.8 Å². The van der Waals surface area contributed by atoms with Gasteiger partial charge in [-0.15, -0.1) is 10.2 Å². The lowest BCUT2D eigenvalue weighted by molar-refractivity contribution is -0.113. The van der Waals surface area contributed by atoms with Crippen molar-refractivity contribution < 1.29 is 14.1 Å². The van der Waals surface area contributed by atoms with Crippen molar-refractivity contribution in [2.24, 2.45) is 0 Å². The lowest BCUT2D eigenvalue weighted by atomic mass is 10.2. The van der Waals surface area contributed by atoms with Crippen LogP contribution in [0.2, 0.25) is 0 Å². The number of benzene rings is 2. The number of methoxy groups -OCH3 is 1. The Kier molecular flexibility index (Phi) is 6.27. The maximum absolute atomic E-state index is 12.2. The molecule has 158 valence electrons. The molecule has 0 bridgehead atoms. The van der Waals surface area contributed by atoms with Gasteiger partial charge >= 0.3 is 0 Å². The van der Waals surface area contributed by atoms with Gasteiger partial charge in [-0.05, 0) is 43.3 Å². The number of hydrogen-bond donors (Lipinski definition) is 1. The summed E-state index contributed by atoms with van der Waals surface area (Å²) >= 11 is 1.30. The molecule has 2 aromatic carbocycles. The number of para-hydroxylation sites is 1. The third-order valence-corrected chi connectivity index (χ3v) is 5.36. The standard InChI is InChI=1S/C21H20N6O3S/c1-3-27-19(20-23-18(26-30-20)14-9-11-16(29-2)12-10-14)24-25-21(27)31-13-17(28)22-15-7-5-4-6-8-15/h4-12H,3,13H2,1-2H3,(H,22,28). The maximum Gasteiger partial charge on any atom is 0.296 e. The number of thioether (sulfide) groups is 1. The molecular formula is C21H20N6O3S. The van der Waals surface area contributed by atoms with Crippen molar-refractivity contribution in [3.05, 3.63) is 54.6 Å². The van der Waals surface area contributed by atoms with Gasteiger partial charge in [-0.3, -0.25) is 9.36 Å². The van der Waals surface area contributed by atoms with E-state index in [4.69, 9.17) is 9.26 Å². The molecule has 0 atom stereocenters. The molecule has 0 fully saturated rings. The number of hydrogen-bond acceptors (Lipinski definition) is 8. The van der Waals surface area contributed by atoms with Crippen LogP contribution in [0.3, 0.4) is 0 Å². The quantitative estimate of drug-likeness (QED) is 0.416. The Balaban J connectivity index is 1.46. The topological polar surface area (TPSA) is 108 Å². The van der Waals surface area contributed by atoms with E-state index in [1.807, 2.05) is 66.1 Å². The fourth-order valence-corrected chi connectivity index (χ4v) is 3.66. The second-order valence-electron chi connectivity index (χ2n) is 6.40. The van der Waals surface area contributed by atoms with E-state index in [9.17, 15) is 4.79 Å². The fourth-order valence-electron chi connectivity index (χ4n) is 2.86. The Hall–Kier alpha value is -3.66. The number of amides is 1. The molecule has 2 heterocycles. The molecule has 0 saturated heterocycles. The number of nitrogens with one attached hydrogen (secondary N) is 1. The van der Waals surface area contributed by atoms with Crippen LogP contribution in [0.1, 0.15) is 6.92 Å². The van der Waals surface area contributed by atoms with Gasteiger partial charge < -0.3 is 14.6 Å². The first-order valence-corrected chi connectivity index (χ1v) is 10.6. The molecule has 4 rings (SSSR count). The van der Waals surface area contributed by atoms with E-state index < -0.39 is 0 Å². The summed E-state index contributed by atoms with van der Waals surface area (Å²) in [5.74, 6) is 1.99. The Bertz CT molecular complexity index is 1160. The van der Waals surface area contributed by atoms with Gasteiger partial charge in [-0.2, -0.15) is 4.98 Å². The van der Waals surface area contributed by atoms with Gasteiger partial charge in [0.05, 0.1) is 12.9 Å². The van der Waals surface area contributed by atoms with Gasteiger partial charge in [-0.25, -0.2) is 0 Å².